The molecule has 1 aromatic carbocycles. The molecule has 0 heterocycles. The second-order valence-corrected chi connectivity index (χ2v) is 7.88. The highest BCUT2D eigenvalue weighted by Crippen LogP contribution is 2.37. The maximum absolute atomic E-state index is 12.9. The van der Waals surface area contributed by atoms with Crippen molar-refractivity contribution < 1.29 is 14.7 Å². The lowest BCUT2D eigenvalue weighted by molar-refractivity contribution is -0.175. The monoisotopic (exact) mass is 385 g/mol. The molecule has 5 heteroatoms. The zero-order valence-electron chi connectivity index (χ0n) is 14.7. The van der Waals surface area contributed by atoms with Crippen molar-refractivity contribution in [3.8, 4) is 0 Å². The van der Waals surface area contributed by atoms with Crippen molar-refractivity contribution in [3.05, 3.63) is 34.3 Å². The molecule has 0 saturated carbocycles. The molecule has 4 nitrogen and oxygen atoms in total. The molecule has 0 aromatic heterocycles. The molecule has 0 fully saturated rings. The van der Waals surface area contributed by atoms with Crippen LogP contribution < -0.4 is 0 Å². The summed E-state index contributed by atoms with van der Waals surface area (Å²) in [5.74, 6) is -0.0714. The molecule has 1 atom stereocenters. The first-order chi connectivity index (χ1) is 10.7. The summed E-state index contributed by atoms with van der Waals surface area (Å²) >= 11 is 3.48. The number of carbonyl (C=O) groups excluding carboxylic acids is 1. The zero-order chi connectivity index (χ0) is 17.7. The van der Waals surface area contributed by atoms with Gasteiger partial charge in [0.1, 0.15) is 0 Å². The molecule has 1 aromatic rings. The Bertz CT molecular complexity index is 533. The number of hydrogen-bond donors (Lipinski definition) is 1. The van der Waals surface area contributed by atoms with Gasteiger partial charge in [0.15, 0.2) is 0 Å². The SMILES string of the molecule is CON(C)C(=O)C(C)(CCC(C)(C)CCO)c1cccc(Br)c1. The number of carbonyl (C=O) groups is 1. The average molecular weight is 386 g/mol. The van der Waals surface area contributed by atoms with Gasteiger partial charge < -0.3 is 5.11 Å². The van der Waals surface area contributed by atoms with E-state index in [0.29, 0.717) is 6.42 Å². The molecule has 0 aliphatic heterocycles. The Labute approximate surface area is 147 Å². The molecule has 1 N–H and O–H groups in total. The molecular weight excluding hydrogens is 358 g/mol. The molecule has 0 aliphatic carbocycles. The van der Waals surface area contributed by atoms with E-state index in [1.54, 1.807) is 7.05 Å². The number of aliphatic hydroxyl groups excluding tert-OH is 1. The largest absolute Gasteiger partial charge is 0.396 e. The van der Waals surface area contributed by atoms with Gasteiger partial charge in [0.2, 0.25) is 0 Å². The van der Waals surface area contributed by atoms with Crippen molar-refractivity contribution in [3.63, 3.8) is 0 Å². The number of rotatable bonds is 8. The predicted molar refractivity (Wildman–Crippen MR) is 96.0 cm³/mol. The molecule has 1 amide bonds. The van der Waals surface area contributed by atoms with Crippen LogP contribution >= 0.6 is 15.9 Å². The van der Waals surface area contributed by atoms with E-state index >= 15 is 0 Å². The molecular formula is C18H28BrNO3. The first kappa shape index (κ1) is 20.1. The van der Waals surface area contributed by atoms with Crippen LogP contribution in [0.5, 0.6) is 0 Å². The van der Waals surface area contributed by atoms with Crippen LogP contribution in [0.4, 0.5) is 0 Å². The van der Waals surface area contributed by atoms with Crippen LogP contribution in [0.25, 0.3) is 0 Å². The summed E-state index contributed by atoms with van der Waals surface area (Å²) in [7, 11) is 3.13. The molecule has 1 unspecified atom stereocenters. The number of halogens is 1. The van der Waals surface area contributed by atoms with Crippen molar-refractivity contribution in [2.75, 3.05) is 20.8 Å². The minimum Gasteiger partial charge on any atom is -0.396 e. The maximum atomic E-state index is 12.9. The second kappa shape index (κ2) is 8.27. The van der Waals surface area contributed by atoms with Gasteiger partial charge in [0, 0.05) is 18.1 Å². The van der Waals surface area contributed by atoms with E-state index in [9.17, 15) is 9.90 Å². The van der Waals surface area contributed by atoms with Crippen LogP contribution in [0, 0.1) is 5.41 Å². The molecule has 1 rings (SSSR count). The first-order valence-corrected chi connectivity index (χ1v) is 8.65. The molecule has 0 saturated heterocycles. The van der Waals surface area contributed by atoms with Gasteiger partial charge in [0.25, 0.3) is 5.91 Å². The van der Waals surface area contributed by atoms with Crippen LogP contribution in [0.15, 0.2) is 28.7 Å². The van der Waals surface area contributed by atoms with Crippen LogP contribution in [0.2, 0.25) is 0 Å². The van der Waals surface area contributed by atoms with Crippen LogP contribution in [-0.2, 0) is 15.0 Å². The summed E-state index contributed by atoms with van der Waals surface area (Å²) in [4.78, 5) is 18.0. The molecule has 0 aliphatic rings. The predicted octanol–water partition coefficient (Wildman–Crippen LogP) is 3.92. The summed E-state index contributed by atoms with van der Waals surface area (Å²) in [6, 6.07) is 7.85. The van der Waals surface area contributed by atoms with Crippen molar-refractivity contribution in [2.24, 2.45) is 5.41 Å². The van der Waals surface area contributed by atoms with Crippen LogP contribution in [0.3, 0.4) is 0 Å². The number of aliphatic hydroxyl groups is 1. The van der Waals surface area contributed by atoms with E-state index in [1.165, 1.54) is 12.2 Å². The van der Waals surface area contributed by atoms with Crippen molar-refractivity contribution >= 4 is 21.8 Å². The van der Waals surface area contributed by atoms with E-state index in [-0.39, 0.29) is 17.9 Å². The third-order valence-corrected chi connectivity index (χ3v) is 5.08. The number of amides is 1. The minimum atomic E-state index is -0.679. The number of nitrogens with zero attached hydrogens (tertiary/aromatic N) is 1. The van der Waals surface area contributed by atoms with Gasteiger partial charge in [-0.3, -0.25) is 9.63 Å². The van der Waals surface area contributed by atoms with Gasteiger partial charge in [-0.25, -0.2) is 5.06 Å². The summed E-state index contributed by atoms with van der Waals surface area (Å²) in [6.45, 7) is 6.36. The number of likely N-dealkylation sites (N-methyl/N-ethyl adjacent to an activating group) is 1. The topological polar surface area (TPSA) is 49.8 Å². The lowest BCUT2D eigenvalue weighted by Gasteiger charge is -2.35. The van der Waals surface area contributed by atoms with Crippen molar-refractivity contribution in [1.29, 1.82) is 0 Å². The van der Waals surface area contributed by atoms with Crippen molar-refractivity contribution in [1.82, 2.24) is 5.06 Å². The van der Waals surface area contributed by atoms with E-state index in [1.807, 2.05) is 31.2 Å². The van der Waals surface area contributed by atoms with E-state index in [0.717, 1.165) is 22.9 Å². The van der Waals surface area contributed by atoms with Gasteiger partial charge >= 0.3 is 0 Å². The third-order valence-electron chi connectivity index (χ3n) is 4.58. The highest BCUT2D eigenvalue weighted by Gasteiger charge is 2.39. The van der Waals surface area contributed by atoms with E-state index in [2.05, 4.69) is 29.8 Å². The van der Waals surface area contributed by atoms with E-state index in [4.69, 9.17) is 4.84 Å². The first-order valence-electron chi connectivity index (χ1n) is 7.85. The molecule has 0 bridgehead atoms. The molecule has 23 heavy (non-hydrogen) atoms. The summed E-state index contributed by atoms with van der Waals surface area (Å²) < 4.78 is 0.948. The molecule has 0 radical (unpaired) electrons. The van der Waals surface area contributed by atoms with Gasteiger partial charge in [0.05, 0.1) is 12.5 Å². The van der Waals surface area contributed by atoms with Crippen LogP contribution in [-0.4, -0.2) is 36.8 Å². The fraction of sp³-hybridized carbons (Fsp3) is 0.611. The van der Waals surface area contributed by atoms with Gasteiger partial charge in [-0.2, -0.15) is 0 Å². The minimum absolute atomic E-state index is 0.0199. The highest BCUT2D eigenvalue weighted by molar-refractivity contribution is 9.10. The number of hydrogen-bond acceptors (Lipinski definition) is 3. The lowest BCUT2D eigenvalue weighted by atomic mass is 9.72. The van der Waals surface area contributed by atoms with Crippen LogP contribution in [0.1, 0.15) is 45.6 Å². The van der Waals surface area contributed by atoms with Gasteiger partial charge in [-0.1, -0.05) is 41.9 Å². The van der Waals surface area contributed by atoms with Gasteiger partial charge in [-0.15, -0.1) is 0 Å². The highest BCUT2D eigenvalue weighted by atomic mass is 79.9. The van der Waals surface area contributed by atoms with E-state index < -0.39 is 5.41 Å². The molecule has 130 valence electrons. The average Bonchev–Trinajstić information content (AvgIpc) is 2.51. The Balaban J connectivity index is 3.14. The number of hydroxylamine groups is 2. The summed E-state index contributed by atoms with van der Waals surface area (Å²) in [6.07, 6.45) is 2.23. The summed E-state index contributed by atoms with van der Waals surface area (Å²) in [5, 5.41) is 10.5. The second-order valence-electron chi connectivity index (χ2n) is 6.97. The third kappa shape index (κ3) is 5.30. The Morgan fingerprint density at radius 1 is 1.26 bits per heavy atom. The maximum Gasteiger partial charge on any atom is 0.256 e. The fourth-order valence-electron chi connectivity index (χ4n) is 2.65. The van der Waals surface area contributed by atoms with Gasteiger partial charge in [-0.05, 0) is 49.3 Å². The summed E-state index contributed by atoms with van der Waals surface area (Å²) in [5.41, 5.74) is 0.260. The Kier molecular flexibility index (Phi) is 7.24. The lowest BCUT2D eigenvalue weighted by Crippen LogP contribution is -2.43. The zero-order valence-corrected chi connectivity index (χ0v) is 16.3. The fourth-order valence-corrected chi connectivity index (χ4v) is 3.05. The molecule has 0 spiro atoms. The Hall–Kier alpha value is -0.910. The van der Waals surface area contributed by atoms with Crippen molar-refractivity contribution in [2.45, 2.75) is 45.4 Å². The Morgan fingerprint density at radius 3 is 2.43 bits per heavy atom. The quantitative estimate of drug-likeness (QED) is 0.689. The Morgan fingerprint density at radius 2 is 1.91 bits per heavy atom. The standard InChI is InChI=1S/C18H28BrNO3/c1-17(2,11-12-21)9-10-18(3,16(22)20(4)23-5)14-7-6-8-15(19)13-14/h6-8,13,21H,9-12H2,1-5H3. The smallest absolute Gasteiger partial charge is 0.256 e. The normalized spacial score (nSPS) is 14.4. The number of benzene rings is 1.